The quantitative estimate of drug-likeness (QED) is 0.339. The third-order valence-electron chi connectivity index (χ3n) is 9.50. The molecule has 2 aromatic carbocycles. The smallest absolute Gasteiger partial charge is 0.288 e. The van der Waals surface area contributed by atoms with E-state index >= 15 is 0 Å². The molecule has 1 aliphatic carbocycles. The number of fused-ring (bicyclic) bond motifs is 1. The summed E-state index contributed by atoms with van der Waals surface area (Å²) in [6.07, 6.45) is 6.51. The number of amides is 1. The predicted octanol–water partition coefficient (Wildman–Crippen LogP) is 3.20. The van der Waals surface area contributed by atoms with E-state index in [9.17, 15) is 18.3 Å². The number of ether oxygens (including phenoxy) is 5. The summed E-state index contributed by atoms with van der Waals surface area (Å²) in [5, 5.41) is 9.62. The van der Waals surface area contributed by atoms with Gasteiger partial charge >= 0.3 is 0 Å². The summed E-state index contributed by atoms with van der Waals surface area (Å²) in [7, 11) is -2.36. The van der Waals surface area contributed by atoms with E-state index in [0.29, 0.717) is 36.9 Å². The largest absolute Gasteiger partial charge is 0.497 e. The number of carbonyl (C=O) groups excluding carboxylic acids is 1. The summed E-state index contributed by atoms with van der Waals surface area (Å²) in [5.41, 5.74) is 1.14. The van der Waals surface area contributed by atoms with Crippen molar-refractivity contribution in [2.45, 2.75) is 49.8 Å². The Balaban J connectivity index is 1.05. The highest BCUT2D eigenvalue weighted by Crippen LogP contribution is 2.39. The van der Waals surface area contributed by atoms with Crippen LogP contribution in [0.1, 0.15) is 37.7 Å². The third-order valence-corrected chi connectivity index (χ3v) is 11.4. The molecular weight excluding hydrogens is 626 g/mol. The molecule has 0 bridgehead atoms. The van der Waals surface area contributed by atoms with Gasteiger partial charge in [0, 0.05) is 52.2 Å². The molecule has 2 atom stereocenters. The average molecular weight is 672 g/mol. The third kappa shape index (κ3) is 8.03. The van der Waals surface area contributed by atoms with Crippen LogP contribution in [0.4, 0.5) is 0 Å². The number of hydrogen-bond donors (Lipinski definition) is 1. The fourth-order valence-electron chi connectivity index (χ4n) is 6.86. The minimum atomic E-state index is -3.87. The molecule has 2 fully saturated rings. The minimum absolute atomic E-state index is 0.0290. The van der Waals surface area contributed by atoms with Crippen LogP contribution >= 0.6 is 0 Å². The lowest BCUT2D eigenvalue weighted by Gasteiger charge is -2.37. The Kier molecular flexibility index (Phi) is 10.9. The summed E-state index contributed by atoms with van der Waals surface area (Å²) in [6, 6.07) is 12.1. The number of aliphatic hydroxyl groups excluding tert-OH is 1. The molecule has 0 unspecified atom stereocenters. The van der Waals surface area contributed by atoms with E-state index < -0.39 is 16.3 Å². The number of piperazine rings is 1. The molecule has 12 nitrogen and oxygen atoms in total. The van der Waals surface area contributed by atoms with Crippen molar-refractivity contribution in [1.82, 2.24) is 14.1 Å². The maximum absolute atomic E-state index is 13.8. The van der Waals surface area contributed by atoms with E-state index in [1.807, 2.05) is 29.2 Å². The zero-order chi connectivity index (χ0) is 32.8. The second-order valence-corrected chi connectivity index (χ2v) is 14.4. The van der Waals surface area contributed by atoms with Crippen LogP contribution in [-0.2, 0) is 30.8 Å². The maximum Gasteiger partial charge on any atom is 0.288 e. The molecule has 4 aliphatic rings. The molecule has 3 aliphatic heterocycles. The molecule has 0 radical (unpaired) electrons. The van der Waals surface area contributed by atoms with Gasteiger partial charge in [0.1, 0.15) is 5.75 Å². The first-order valence-electron chi connectivity index (χ1n) is 16.5. The molecule has 0 aromatic heterocycles. The first kappa shape index (κ1) is 33.5. The van der Waals surface area contributed by atoms with Crippen LogP contribution < -0.4 is 14.2 Å². The van der Waals surface area contributed by atoms with Crippen molar-refractivity contribution in [3.05, 3.63) is 59.9 Å². The summed E-state index contributed by atoms with van der Waals surface area (Å²) in [4.78, 5) is 18.0. The van der Waals surface area contributed by atoms with Gasteiger partial charge in [-0.2, -0.15) is 4.31 Å². The van der Waals surface area contributed by atoms with Gasteiger partial charge in [-0.1, -0.05) is 18.9 Å². The van der Waals surface area contributed by atoms with Gasteiger partial charge in [0.25, 0.3) is 5.91 Å². The number of nitrogens with zero attached hydrogens (tertiary/aromatic N) is 3. The van der Waals surface area contributed by atoms with Gasteiger partial charge in [-0.15, -0.1) is 0 Å². The number of allylic oxidation sites excluding steroid dienone is 1. The van der Waals surface area contributed by atoms with Crippen LogP contribution in [0.3, 0.4) is 0 Å². The van der Waals surface area contributed by atoms with Crippen LogP contribution in [0, 0.1) is 11.8 Å². The van der Waals surface area contributed by atoms with Gasteiger partial charge in [-0.3, -0.25) is 9.69 Å². The molecule has 0 spiro atoms. The number of hydrogen-bond acceptors (Lipinski definition) is 10. The van der Waals surface area contributed by atoms with Gasteiger partial charge in [0.15, 0.2) is 17.3 Å². The second-order valence-electron chi connectivity index (χ2n) is 12.5. The molecule has 47 heavy (non-hydrogen) atoms. The Labute approximate surface area is 276 Å². The first-order valence-corrected chi connectivity index (χ1v) is 17.9. The Morgan fingerprint density at radius 3 is 2.47 bits per heavy atom. The summed E-state index contributed by atoms with van der Waals surface area (Å²) >= 11 is 0. The van der Waals surface area contributed by atoms with Gasteiger partial charge in [0.05, 0.1) is 25.2 Å². The van der Waals surface area contributed by atoms with Crippen molar-refractivity contribution >= 4 is 15.9 Å². The Bertz CT molecular complexity index is 1500. The molecule has 2 aromatic rings. The molecular formula is C34H45N3O9S. The van der Waals surface area contributed by atoms with Crippen molar-refractivity contribution in [2.75, 3.05) is 66.4 Å². The predicted molar refractivity (Wildman–Crippen MR) is 172 cm³/mol. The minimum Gasteiger partial charge on any atom is -0.497 e. The first-order chi connectivity index (χ1) is 22.8. The molecule has 1 amide bonds. The van der Waals surface area contributed by atoms with E-state index in [2.05, 4.69) is 4.90 Å². The van der Waals surface area contributed by atoms with Crippen LogP contribution in [0.2, 0.25) is 0 Å². The number of aliphatic hydroxyl groups is 1. The normalized spacial score (nSPS) is 21.9. The second kappa shape index (κ2) is 15.2. The van der Waals surface area contributed by atoms with Crippen LogP contribution in [0.5, 0.6) is 17.2 Å². The van der Waals surface area contributed by atoms with E-state index in [0.717, 1.165) is 49.5 Å². The van der Waals surface area contributed by atoms with Crippen LogP contribution in [0.15, 0.2) is 59.2 Å². The number of rotatable bonds is 13. The van der Waals surface area contributed by atoms with Crippen molar-refractivity contribution in [3.8, 4) is 17.2 Å². The summed E-state index contributed by atoms with van der Waals surface area (Å²) in [6.45, 7) is 3.34. The molecule has 1 saturated heterocycles. The molecule has 3 heterocycles. The maximum atomic E-state index is 13.8. The van der Waals surface area contributed by atoms with E-state index in [1.165, 1.54) is 36.4 Å². The highest BCUT2D eigenvalue weighted by atomic mass is 32.2. The van der Waals surface area contributed by atoms with Crippen molar-refractivity contribution in [2.24, 2.45) is 11.8 Å². The number of methoxy groups -OCH3 is 1. The lowest BCUT2D eigenvalue weighted by molar-refractivity contribution is -0.157. The Morgan fingerprint density at radius 2 is 1.74 bits per heavy atom. The van der Waals surface area contributed by atoms with Crippen molar-refractivity contribution in [1.29, 1.82) is 0 Å². The number of sulfonamides is 1. The van der Waals surface area contributed by atoms with E-state index in [1.54, 1.807) is 12.1 Å². The number of carbonyl (C=O) groups is 1. The molecule has 256 valence electrons. The Hall–Kier alpha value is -3.36. The van der Waals surface area contributed by atoms with Crippen molar-refractivity contribution < 1.29 is 42.0 Å². The molecule has 1 N–H and O–H groups in total. The lowest BCUT2D eigenvalue weighted by atomic mass is 9.86. The van der Waals surface area contributed by atoms with Crippen molar-refractivity contribution in [3.63, 3.8) is 0 Å². The van der Waals surface area contributed by atoms with Crippen LogP contribution in [0.25, 0.3) is 0 Å². The molecule has 1 saturated carbocycles. The SMILES string of the molecule is COc1ccc(S(=O)(=O)N(CCO)CCO[C@H]2C[C@@H](C3CCCC3)C=C(C(=O)N3CCN(Cc4ccc5c(c4)OCO5)CC3)O2)cc1. The van der Waals surface area contributed by atoms with E-state index in [-0.39, 0.29) is 49.8 Å². The molecule has 6 rings (SSSR count). The average Bonchev–Trinajstić information content (AvgIpc) is 3.81. The fourth-order valence-corrected chi connectivity index (χ4v) is 8.28. The lowest BCUT2D eigenvalue weighted by Crippen LogP contribution is -2.49. The van der Waals surface area contributed by atoms with Crippen LogP contribution in [-0.4, -0.2) is 106 Å². The Morgan fingerprint density at radius 1 is 1.00 bits per heavy atom. The molecule has 13 heteroatoms. The highest BCUT2D eigenvalue weighted by molar-refractivity contribution is 7.89. The van der Waals surface area contributed by atoms with Gasteiger partial charge in [-0.05, 0) is 72.7 Å². The standard InChI is InChI=1S/C34H45N3O9S/c1-42-28-7-9-29(10-8-28)47(40,41)37(16-18-38)17-19-43-33-22-27(26-4-2-3-5-26)21-32(46-33)34(39)36-14-12-35(13-15-36)23-25-6-11-30-31(20-25)45-24-44-30/h6-11,20-21,26-27,33,38H,2-5,12-19,22-24H2,1H3/t27-,33+/m0/s1. The van der Waals surface area contributed by atoms with Gasteiger partial charge in [-0.25, -0.2) is 8.42 Å². The monoisotopic (exact) mass is 671 g/mol. The summed E-state index contributed by atoms with van der Waals surface area (Å²) < 4.78 is 56.3. The van der Waals surface area contributed by atoms with E-state index in [4.69, 9.17) is 23.7 Å². The topological polar surface area (TPSA) is 127 Å². The highest BCUT2D eigenvalue weighted by Gasteiger charge is 2.36. The van der Waals surface area contributed by atoms with Gasteiger partial charge in [0.2, 0.25) is 23.1 Å². The zero-order valence-corrected chi connectivity index (χ0v) is 27.7. The fraction of sp³-hybridized carbons (Fsp3) is 0.559. The van der Waals surface area contributed by atoms with Gasteiger partial charge < -0.3 is 33.7 Å². The number of benzene rings is 2. The zero-order valence-electron chi connectivity index (χ0n) is 26.9. The summed E-state index contributed by atoms with van der Waals surface area (Å²) in [5.74, 6) is 2.89.